The van der Waals surface area contributed by atoms with Gasteiger partial charge in [0.1, 0.15) is 0 Å². The van der Waals surface area contributed by atoms with Gasteiger partial charge in [-0.1, -0.05) is 6.92 Å². The van der Waals surface area contributed by atoms with Crippen molar-refractivity contribution in [1.82, 2.24) is 10.2 Å². The van der Waals surface area contributed by atoms with Gasteiger partial charge >= 0.3 is 0 Å². The monoisotopic (exact) mass is 327 g/mol. The Bertz CT molecular complexity index is 545. The first-order chi connectivity index (χ1) is 10.0. The minimum Gasteiger partial charge on any atom is -0.334 e. The molecule has 2 rings (SSSR count). The summed E-state index contributed by atoms with van der Waals surface area (Å²) in [6, 6.07) is 4.80. The summed E-state index contributed by atoms with van der Waals surface area (Å²) in [6.07, 6.45) is 1.85. The smallest absolute Gasteiger partial charge is 0.272 e. The second-order valence-corrected chi connectivity index (χ2v) is 5.40. The van der Waals surface area contributed by atoms with Crippen molar-refractivity contribution >= 4 is 24.0 Å². The van der Waals surface area contributed by atoms with Gasteiger partial charge in [0.2, 0.25) is 0 Å². The van der Waals surface area contributed by atoms with Gasteiger partial charge in [-0.2, -0.15) is 0 Å². The van der Waals surface area contributed by atoms with Crippen LogP contribution in [0.4, 0.5) is 5.69 Å². The topological polar surface area (TPSA) is 75.5 Å². The normalized spacial score (nSPS) is 16.9. The van der Waals surface area contributed by atoms with E-state index >= 15 is 0 Å². The van der Waals surface area contributed by atoms with E-state index in [0.29, 0.717) is 17.7 Å². The molecule has 1 aliphatic heterocycles. The summed E-state index contributed by atoms with van der Waals surface area (Å²) in [5, 5.41) is 14.1. The van der Waals surface area contributed by atoms with Gasteiger partial charge in [-0.3, -0.25) is 14.9 Å². The van der Waals surface area contributed by atoms with Crippen LogP contribution in [0.5, 0.6) is 0 Å². The molecule has 22 heavy (non-hydrogen) atoms. The van der Waals surface area contributed by atoms with Crippen molar-refractivity contribution in [2.75, 3.05) is 19.6 Å². The predicted octanol–water partition coefficient (Wildman–Crippen LogP) is 2.54. The zero-order valence-electron chi connectivity index (χ0n) is 12.9. The first-order valence-corrected chi connectivity index (χ1v) is 7.31. The molecule has 1 heterocycles. The average molecular weight is 328 g/mol. The zero-order chi connectivity index (χ0) is 15.4. The molecule has 6 nitrogen and oxygen atoms in total. The molecule has 1 saturated heterocycles. The van der Waals surface area contributed by atoms with Crippen LogP contribution in [0.3, 0.4) is 0 Å². The van der Waals surface area contributed by atoms with Gasteiger partial charge in [0.25, 0.3) is 11.6 Å². The van der Waals surface area contributed by atoms with Crippen LogP contribution >= 0.6 is 12.4 Å². The highest BCUT2D eigenvalue weighted by Gasteiger charge is 2.27. The van der Waals surface area contributed by atoms with E-state index in [1.165, 1.54) is 6.07 Å². The van der Waals surface area contributed by atoms with E-state index in [1.807, 2.05) is 11.8 Å². The van der Waals surface area contributed by atoms with Crippen LogP contribution in [-0.2, 0) is 0 Å². The molecule has 0 aliphatic carbocycles. The van der Waals surface area contributed by atoms with Gasteiger partial charge in [-0.15, -0.1) is 12.4 Å². The summed E-state index contributed by atoms with van der Waals surface area (Å²) >= 11 is 0. The number of amides is 1. The number of carbonyl (C=O) groups is 1. The van der Waals surface area contributed by atoms with Gasteiger partial charge in [0, 0.05) is 36.3 Å². The third-order valence-electron chi connectivity index (χ3n) is 3.84. The number of hydrogen-bond acceptors (Lipinski definition) is 4. The van der Waals surface area contributed by atoms with Gasteiger partial charge in [0.05, 0.1) is 4.92 Å². The number of rotatable bonds is 5. The van der Waals surface area contributed by atoms with Crippen LogP contribution in [0.2, 0.25) is 0 Å². The number of nitro groups is 1. The fraction of sp³-hybridized carbons (Fsp3) is 0.533. The van der Waals surface area contributed by atoms with Crippen LogP contribution < -0.4 is 5.32 Å². The molecule has 1 aromatic rings. The van der Waals surface area contributed by atoms with Crippen molar-refractivity contribution < 1.29 is 9.72 Å². The summed E-state index contributed by atoms with van der Waals surface area (Å²) in [4.78, 5) is 25.0. The van der Waals surface area contributed by atoms with Gasteiger partial charge in [-0.05, 0) is 38.4 Å². The molecule has 0 aromatic heterocycles. The third kappa shape index (κ3) is 3.96. The minimum atomic E-state index is -0.422. The average Bonchev–Trinajstić information content (AvgIpc) is 2.97. The molecule has 0 bridgehead atoms. The van der Waals surface area contributed by atoms with E-state index in [-0.39, 0.29) is 30.0 Å². The maximum absolute atomic E-state index is 12.7. The zero-order valence-corrected chi connectivity index (χ0v) is 13.7. The van der Waals surface area contributed by atoms with Gasteiger partial charge < -0.3 is 10.2 Å². The quantitative estimate of drug-likeness (QED) is 0.666. The van der Waals surface area contributed by atoms with Gasteiger partial charge in [-0.25, -0.2) is 0 Å². The van der Waals surface area contributed by atoms with Crippen LogP contribution in [0.1, 0.15) is 35.7 Å². The van der Waals surface area contributed by atoms with Crippen LogP contribution in [0.15, 0.2) is 18.2 Å². The highest BCUT2D eigenvalue weighted by molar-refractivity contribution is 5.95. The van der Waals surface area contributed by atoms with E-state index < -0.39 is 4.92 Å². The predicted molar refractivity (Wildman–Crippen MR) is 87.7 cm³/mol. The molecule has 0 spiro atoms. The lowest BCUT2D eigenvalue weighted by Crippen LogP contribution is -2.42. The van der Waals surface area contributed by atoms with Crippen LogP contribution in [-0.4, -0.2) is 41.4 Å². The van der Waals surface area contributed by atoms with Crippen molar-refractivity contribution in [1.29, 1.82) is 0 Å². The summed E-state index contributed by atoms with van der Waals surface area (Å²) in [7, 11) is 0. The highest BCUT2D eigenvalue weighted by atomic mass is 35.5. The molecule has 7 heteroatoms. The Morgan fingerprint density at radius 3 is 2.73 bits per heavy atom. The Hall–Kier alpha value is -1.66. The van der Waals surface area contributed by atoms with Crippen LogP contribution in [0.25, 0.3) is 0 Å². The van der Waals surface area contributed by atoms with Crippen LogP contribution in [0, 0.1) is 17.0 Å². The Morgan fingerprint density at radius 2 is 2.23 bits per heavy atom. The number of hydrogen-bond donors (Lipinski definition) is 1. The third-order valence-corrected chi connectivity index (χ3v) is 3.84. The fourth-order valence-corrected chi connectivity index (χ4v) is 2.76. The van der Waals surface area contributed by atoms with Crippen molar-refractivity contribution in [2.45, 2.75) is 32.7 Å². The van der Waals surface area contributed by atoms with Crippen molar-refractivity contribution in [3.63, 3.8) is 0 Å². The number of nitrogens with zero attached hydrogens (tertiary/aromatic N) is 2. The molecule has 1 atom stereocenters. The lowest BCUT2D eigenvalue weighted by atomic mass is 10.1. The van der Waals surface area contributed by atoms with E-state index in [9.17, 15) is 14.9 Å². The van der Waals surface area contributed by atoms with E-state index in [0.717, 1.165) is 25.9 Å². The molecular formula is C15H22ClN3O3. The Kier molecular flexibility index (Phi) is 6.77. The maximum Gasteiger partial charge on any atom is 0.272 e. The number of carbonyl (C=O) groups excluding carboxylic acids is 1. The molecular weight excluding hydrogens is 306 g/mol. The summed E-state index contributed by atoms with van der Waals surface area (Å²) in [5.74, 6) is -0.0384. The van der Waals surface area contributed by atoms with E-state index in [1.54, 1.807) is 19.1 Å². The minimum absolute atomic E-state index is 0. The number of benzene rings is 1. The standard InChI is InChI=1S/C15H21N3O3.ClH/c1-3-8-17(13-6-7-16-10-13)15(19)12-4-5-14(18(20)21)11(2)9-12;/h4-5,9,13,16H,3,6-8,10H2,1-2H3;1H. The number of nitro benzene ring substituents is 1. The molecule has 1 amide bonds. The summed E-state index contributed by atoms with van der Waals surface area (Å²) in [6.45, 7) is 6.16. The number of nitrogens with one attached hydrogen (secondary N) is 1. The van der Waals surface area contributed by atoms with E-state index in [4.69, 9.17) is 0 Å². The second kappa shape index (κ2) is 8.10. The maximum atomic E-state index is 12.7. The van der Waals surface area contributed by atoms with Crippen molar-refractivity contribution in [2.24, 2.45) is 0 Å². The van der Waals surface area contributed by atoms with Gasteiger partial charge in [0.15, 0.2) is 0 Å². The highest BCUT2D eigenvalue weighted by Crippen LogP contribution is 2.21. The molecule has 1 N–H and O–H groups in total. The number of halogens is 1. The van der Waals surface area contributed by atoms with Crippen molar-refractivity contribution in [3.05, 3.63) is 39.4 Å². The Morgan fingerprint density at radius 1 is 1.50 bits per heavy atom. The molecule has 1 aliphatic rings. The largest absolute Gasteiger partial charge is 0.334 e. The molecule has 0 radical (unpaired) electrons. The van der Waals surface area contributed by atoms with Crippen molar-refractivity contribution in [3.8, 4) is 0 Å². The first-order valence-electron chi connectivity index (χ1n) is 7.31. The number of aryl methyl sites for hydroxylation is 1. The molecule has 1 unspecified atom stereocenters. The lowest BCUT2D eigenvalue weighted by molar-refractivity contribution is -0.385. The lowest BCUT2D eigenvalue weighted by Gasteiger charge is -2.28. The second-order valence-electron chi connectivity index (χ2n) is 5.40. The molecule has 122 valence electrons. The molecule has 1 fully saturated rings. The van der Waals surface area contributed by atoms with E-state index in [2.05, 4.69) is 5.32 Å². The first kappa shape index (κ1) is 18.4. The summed E-state index contributed by atoms with van der Waals surface area (Å²) in [5.41, 5.74) is 1.10. The Labute approximate surface area is 136 Å². The Balaban J connectivity index is 0.00000242. The molecule has 0 saturated carbocycles. The molecule has 1 aromatic carbocycles. The fourth-order valence-electron chi connectivity index (χ4n) is 2.76. The summed E-state index contributed by atoms with van der Waals surface area (Å²) < 4.78 is 0. The SMILES string of the molecule is CCCN(C(=O)c1ccc([N+](=O)[O-])c(C)c1)C1CCNC1.Cl.